The van der Waals surface area contributed by atoms with Gasteiger partial charge in [-0.2, -0.15) is 0 Å². The lowest BCUT2D eigenvalue weighted by atomic mass is 9.94. The largest absolute Gasteiger partial charge is 0.388 e. The number of rotatable bonds is 3. The van der Waals surface area contributed by atoms with E-state index in [0.29, 0.717) is 12.1 Å². The monoisotopic (exact) mass is 379 g/mol. The van der Waals surface area contributed by atoms with E-state index in [4.69, 9.17) is 0 Å². The highest BCUT2D eigenvalue weighted by Crippen LogP contribution is 2.26. The van der Waals surface area contributed by atoms with Crippen LogP contribution in [0.1, 0.15) is 48.9 Å². The Balaban J connectivity index is 1.88. The molecule has 1 aliphatic rings. The summed E-state index contributed by atoms with van der Waals surface area (Å²) in [5.74, 6) is -0.0770. The summed E-state index contributed by atoms with van der Waals surface area (Å²) in [4.78, 5) is 11.9. The number of thiophene rings is 1. The van der Waals surface area contributed by atoms with E-state index in [1.807, 2.05) is 11.4 Å². The number of amides is 1. The van der Waals surface area contributed by atoms with Crippen molar-refractivity contribution in [1.82, 2.24) is 5.32 Å². The molecule has 1 aliphatic carbocycles. The van der Waals surface area contributed by atoms with E-state index in [9.17, 15) is 9.90 Å². The molecule has 5 heteroatoms. The van der Waals surface area contributed by atoms with Gasteiger partial charge in [-0.25, -0.2) is 0 Å². The zero-order chi connectivity index (χ0) is 13.0. The number of halogens is 1. The Bertz CT molecular complexity index is 411. The van der Waals surface area contributed by atoms with Gasteiger partial charge in [-0.05, 0) is 41.5 Å². The highest BCUT2D eigenvalue weighted by atomic mass is 127. The van der Waals surface area contributed by atoms with Gasteiger partial charge in [-0.15, -0.1) is 11.3 Å². The molecule has 1 fully saturated rings. The van der Waals surface area contributed by atoms with E-state index < -0.39 is 5.60 Å². The standard InChI is InChI=1S/C13H18INO2S/c14-11-7-10(8-18-11)12(16)15-9-13(17)5-3-1-2-4-6-13/h7-8,17H,1-6,9H2,(H,15,16). The summed E-state index contributed by atoms with van der Waals surface area (Å²) in [6.07, 6.45) is 6.10. The summed E-state index contributed by atoms with van der Waals surface area (Å²) < 4.78 is 1.10. The van der Waals surface area contributed by atoms with E-state index in [-0.39, 0.29) is 5.91 Å². The zero-order valence-corrected chi connectivity index (χ0v) is 13.2. The number of hydrogen-bond acceptors (Lipinski definition) is 3. The average molecular weight is 379 g/mol. The van der Waals surface area contributed by atoms with Crippen molar-refractivity contribution in [2.45, 2.75) is 44.1 Å². The van der Waals surface area contributed by atoms with Crippen LogP contribution in [0.25, 0.3) is 0 Å². The summed E-state index contributed by atoms with van der Waals surface area (Å²) in [6.45, 7) is 0.373. The van der Waals surface area contributed by atoms with Crippen LogP contribution in [0.4, 0.5) is 0 Å². The van der Waals surface area contributed by atoms with E-state index in [1.165, 1.54) is 12.8 Å². The molecule has 0 aliphatic heterocycles. The molecule has 0 aromatic carbocycles. The van der Waals surface area contributed by atoms with E-state index in [0.717, 1.165) is 28.6 Å². The average Bonchev–Trinajstić information content (AvgIpc) is 2.66. The third-order valence-electron chi connectivity index (χ3n) is 3.44. The highest BCUT2D eigenvalue weighted by Gasteiger charge is 2.28. The maximum Gasteiger partial charge on any atom is 0.252 e. The van der Waals surface area contributed by atoms with E-state index in [2.05, 4.69) is 27.9 Å². The van der Waals surface area contributed by atoms with Crippen LogP contribution in [-0.4, -0.2) is 23.2 Å². The molecule has 2 N–H and O–H groups in total. The van der Waals surface area contributed by atoms with Gasteiger partial charge in [0.1, 0.15) is 0 Å². The van der Waals surface area contributed by atoms with Gasteiger partial charge in [0.25, 0.3) is 5.91 Å². The lowest BCUT2D eigenvalue weighted by Crippen LogP contribution is -2.42. The molecule has 3 nitrogen and oxygen atoms in total. The fourth-order valence-corrected chi connectivity index (χ4v) is 3.67. The van der Waals surface area contributed by atoms with Crippen molar-refractivity contribution >= 4 is 39.8 Å². The van der Waals surface area contributed by atoms with Crippen LogP contribution in [0.5, 0.6) is 0 Å². The fourth-order valence-electron chi connectivity index (χ4n) is 2.34. The number of nitrogens with one attached hydrogen (secondary N) is 1. The van der Waals surface area contributed by atoms with Crippen LogP contribution < -0.4 is 5.32 Å². The second-order valence-corrected chi connectivity index (χ2v) is 7.77. The summed E-state index contributed by atoms with van der Waals surface area (Å²) in [7, 11) is 0. The van der Waals surface area contributed by atoms with Crippen LogP contribution in [0.2, 0.25) is 0 Å². The number of carbonyl (C=O) groups excluding carboxylic acids is 1. The first-order valence-corrected chi connectivity index (χ1v) is 8.30. The Morgan fingerprint density at radius 1 is 1.39 bits per heavy atom. The molecule has 0 radical (unpaired) electrons. The van der Waals surface area contributed by atoms with Crippen molar-refractivity contribution in [3.05, 3.63) is 19.9 Å². The molecule has 100 valence electrons. The zero-order valence-electron chi connectivity index (χ0n) is 10.2. The molecule has 2 rings (SSSR count). The summed E-state index contributed by atoms with van der Waals surface area (Å²) >= 11 is 3.76. The minimum atomic E-state index is -0.699. The number of carbonyl (C=O) groups is 1. The minimum Gasteiger partial charge on any atom is -0.388 e. The third kappa shape index (κ3) is 3.93. The molecule has 0 spiro atoms. The van der Waals surface area contributed by atoms with Gasteiger partial charge in [0.15, 0.2) is 0 Å². The second kappa shape index (κ2) is 6.34. The maximum absolute atomic E-state index is 11.9. The normalized spacial score (nSPS) is 19.2. The van der Waals surface area contributed by atoms with Crippen molar-refractivity contribution in [2.75, 3.05) is 6.54 Å². The molecule has 1 aromatic rings. The lowest BCUT2D eigenvalue weighted by Gasteiger charge is -2.26. The number of hydrogen-bond donors (Lipinski definition) is 2. The van der Waals surface area contributed by atoms with Crippen molar-refractivity contribution < 1.29 is 9.90 Å². The van der Waals surface area contributed by atoms with Gasteiger partial charge >= 0.3 is 0 Å². The Kier molecular flexibility index (Phi) is 5.03. The predicted octanol–water partition coefficient (Wildman–Crippen LogP) is 3.17. The van der Waals surface area contributed by atoms with Gasteiger partial charge < -0.3 is 10.4 Å². The molecule has 0 unspecified atom stereocenters. The lowest BCUT2D eigenvalue weighted by molar-refractivity contribution is 0.0246. The molecular weight excluding hydrogens is 361 g/mol. The van der Waals surface area contributed by atoms with Crippen LogP contribution in [0.3, 0.4) is 0 Å². The molecule has 1 aromatic heterocycles. The summed E-state index contributed by atoms with van der Waals surface area (Å²) in [5.41, 5.74) is -0.00313. The van der Waals surface area contributed by atoms with Crippen LogP contribution >= 0.6 is 33.9 Å². The van der Waals surface area contributed by atoms with Crippen molar-refractivity contribution in [3.63, 3.8) is 0 Å². The molecular formula is C13H18INO2S. The molecule has 1 amide bonds. The first kappa shape index (κ1) is 14.3. The van der Waals surface area contributed by atoms with Gasteiger partial charge in [0, 0.05) is 11.9 Å². The Morgan fingerprint density at radius 2 is 2.06 bits per heavy atom. The van der Waals surface area contributed by atoms with Crippen molar-refractivity contribution in [2.24, 2.45) is 0 Å². The SMILES string of the molecule is O=C(NCC1(O)CCCCCC1)c1csc(I)c1. The molecule has 0 bridgehead atoms. The molecule has 1 saturated carbocycles. The smallest absolute Gasteiger partial charge is 0.252 e. The molecule has 18 heavy (non-hydrogen) atoms. The van der Waals surface area contributed by atoms with E-state index >= 15 is 0 Å². The fraction of sp³-hybridized carbons (Fsp3) is 0.615. The minimum absolute atomic E-state index is 0.0770. The van der Waals surface area contributed by atoms with Crippen LogP contribution in [-0.2, 0) is 0 Å². The molecule has 1 heterocycles. The topological polar surface area (TPSA) is 49.3 Å². The first-order valence-electron chi connectivity index (χ1n) is 6.34. The van der Waals surface area contributed by atoms with Gasteiger partial charge in [0.2, 0.25) is 0 Å². The van der Waals surface area contributed by atoms with Gasteiger partial charge in [0.05, 0.1) is 14.0 Å². The van der Waals surface area contributed by atoms with Crippen LogP contribution in [0.15, 0.2) is 11.4 Å². The molecule has 0 saturated heterocycles. The second-order valence-electron chi connectivity index (χ2n) is 4.96. The van der Waals surface area contributed by atoms with Gasteiger partial charge in [-0.3, -0.25) is 4.79 Å². The summed E-state index contributed by atoms with van der Waals surface area (Å²) in [5, 5.41) is 15.2. The van der Waals surface area contributed by atoms with Crippen molar-refractivity contribution in [1.29, 1.82) is 0 Å². The highest BCUT2D eigenvalue weighted by molar-refractivity contribution is 14.1. The Labute approximate surface area is 125 Å². The Hall–Kier alpha value is -0.140. The van der Waals surface area contributed by atoms with Crippen molar-refractivity contribution in [3.8, 4) is 0 Å². The Morgan fingerprint density at radius 3 is 2.61 bits per heavy atom. The number of aliphatic hydroxyl groups is 1. The maximum atomic E-state index is 11.9. The molecule has 0 atom stereocenters. The first-order chi connectivity index (χ1) is 8.59. The predicted molar refractivity (Wildman–Crippen MR) is 82.0 cm³/mol. The van der Waals surface area contributed by atoms with Crippen LogP contribution in [0, 0.1) is 2.88 Å². The quantitative estimate of drug-likeness (QED) is 0.626. The van der Waals surface area contributed by atoms with Gasteiger partial charge in [-0.1, -0.05) is 25.7 Å². The van der Waals surface area contributed by atoms with E-state index in [1.54, 1.807) is 11.3 Å². The third-order valence-corrected chi connectivity index (χ3v) is 5.23. The summed E-state index contributed by atoms with van der Waals surface area (Å²) in [6, 6.07) is 1.87.